The number of nitrogens with one attached hydrogen (secondary N) is 2. The number of hydrogen-bond donors (Lipinski definition) is 2. The molecule has 0 fully saturated rings. The average molecular weight is 366 g/mol. The lowest BCUT2D eigenvalue weighted by Crippen LogP contribution is -2.22. The molecule has 0 bridgehead atoms. The van der Waals surface area contributed by atoms with E-state index in [9.17, 15) is 22.8 Å². The number of amides is 2. The molecule has 0 saturated heterocycles. The van der Waals surface area contributed by atoms with Gasteiger partial charge in [-0.3, -0.25) is 9.59 Å². The Morgan fingerprint density at radius 3 is 2.15 bits per heavy atom. The van der Waals surface area contributed by atoms with E-state index in [0.717, 1.165) is 0 Å². The Labute approximate surface area is 148 Å². The second-order valence-electron chi connectivity index (χ2n) is 5.49. The van der Waals surface area contributed by atoms with Gasteiger partial charge in [0.25, 0.3) is 5.91 Å². The molecule has 0 saturated carbocycles. The first-order valence-corrected chi connectivity index (χ1v) is 7.67. The summed E-state index contributed by atoms with van der Waals surface area (Å²) in [6.45, 7) is 0.253. The zero-order chi connectivity index (χ0) is 19.2. The highest BCUT2D eigenvalue weighted by molar-refractivity contribution is 5.95. The molecular formula is C18H17F3N2O3. The molecule has 26 heavy (non-hydrogen) atoms. The van der Waals surface area contributed by atoms with Gasteiger partial charge in [0.15, 0.2) is 6.61 Å². The molecule has 0 spiro atoms. The zero-order valence-electron chi connectivity index (χ0n) is 13.9. The Bertz CT molecular complexity index is 757. The summed E-state index contributed by atoms with van der Waals surface area (Å²) < 4.78 is 40.9. The molecule has 5 nitrogen and oxygen atoms in total. The van der Waals surface area contributed by atoms with Gasteiger partial charge in [-0.2, -0.15) is 13.2 Å². The number of carbonyl (C=O) groups excluding carboxylic acids is 2. The van der Waals surface area contributed by atoms with E-state index < -0.39 is 12.8 Å². The normalized spacial score (nSPS) is 10.9. The van der Waals surface area contributed by atoms with Crippen LogP contribution in [-0.2, 0) is 11.3 Å². The Balaban J connectivity index is 1.86. The number of hydrogen-bond acceptors (Lipinski definition) is 3. The highest BCUT2D eigenvalue weighted by atomic mass is 19.4. The Morgan fingerprint density at radius 2 is 1.62 bits per heavy atom. The van der Waals surface area contributed by atoms with Crippen molar-refractivity contribution in [2.75, 3.05) is 11.9 Å². The van der Waals surface area contributed by atoms with E-state index in [4.69, 9.17) is 0 Å². The van der Waals surface area contributed by atoms with Crippen LogP contribution in [0.15, 0.2) is 48.5 Å². The highest BCUT2D eigenvalue weighted by Gasteiger charge is 2.28. The van der Waals surface area contributed by atoms with Crippen LogP contribution < -0.4 is 15.4 Å². The van der Waals surface area contributed by atoms with Gasteiger partial charge in [-0.1, -0.05) is 12.1 Å². The van der Waals surface area contributed by atoms with Gasteiger partial charge in [-0.15, -0.1) is 0 Å². The number of benzene rings is 2. The summed E-state index contributed by atoms with van der Waals surface area (Å²) in [7, 11) is 0. The van der Waals surface area contributed by atoms with E-state index in [-0.39, 0.29) is 24.1 Å². The second-order valence-corrected chi connectivity index (χ2v) is 5.49. The Morgan fingerprint density at radius 1 is 1.00 bits per heavy atom. The molecule has 2 aromatic carbocycles. The minimum atomic E-state index is -4.39. The number of anilines is 1. The van der Waals surface area contributed by atoms with Crippen molar-refractivity contribution in [1.29, 1.82) is 0 Å². The first-order valence-electron chi connectivity index (χ1n) is 7.67. The van der Waals surface area contributed by atoms with Crippen LogP contribution in [0.5, 0.6) is 5.75 Å². The highest BCUT2D eigenvalue weighted by Crippen LogP contribution is 2.19. The maximum Gasteiger partial charge on any atom is 0.422 e. The first-order chi connectivity index (χ1) is 12.2. The van der Waals surface area contributed by atoms with Crippen LogP contribution in [0, 0.1) is 0 Å². The van der Waals surface area contributed by atoms with Gasteiger partial charge >= 0.3 is 6.18 Å². The molecular weight excluding hydrogens is 349 g/mol. The monoisotopic (exact) mass is 366 g/mol. The van der Waals surface area contributed by atoms with Gasteiger partial charge in [-0.25, -0.2) is 0 Å². The van der Waals surface area contributed by atoms with Gasteiger partial charge in [-0.05, 0) is 42.0 Å². The molecule has 2 amide bonds. The maximum atomic E-state index is 12.1. The van der Waals surface area contributed by atoms with Crippen molar-refractivity contribution in [2.45, 2.75) is 19.6 Å². The van der Waals surface area contributed by atoms with Crippen LogP contribution in [0.25, 0.3) is 0 Å². The summed E-state index contributed by atoms with van der Waals surface area (Å²) in [5, 5.41) is 5.30. The zero-order valence-corrected chi connectivity index (χ0v) is 13.9. The van der Waals surface area contributed by atoms with Gasteiger partial charge in [0.2, 0.25) is 5.91 Å². The first kappa shape index (κ1) is 19.3. The summed E-state index contributed by atoms with van der Waals surface area (Å²) in [4.78, 5) is 23.0. The van der Waals surface area contributed by atoms with E-state index in [2.05, 4.69) is 15.4 Å². The van der Waals surface area contributed by atoms with Crippen LogP contribution in [0.4, 0.5) is 18.9 Å². The van der Waals surface area contributed by atoms with Crippen LogP contribution in [-0.4, -0.2) is 24.6 Å². The third-order valence-corrected chi connectivity index (χ3v) is 3.25. The van der Waals surface area contributed by atoms with Gasteiger partial charge < -0.3 is 15.4 Å². The molecule has 0 aliphatic carbocycles. The summed E-state index contributed by atoms with van der Waals surface area (Å²) in [6.07, 6.45) is -4.39. The molecule has 0 aliphatic heterocycles. The van der Waals surface area contributed by atoms with Crippen molar-refractivity contribution in [1.82, 2.24) is 5.32 Å². The summed E-state index contributed by atoms with van der Waals surface area (Å²) >= 11 is 0. The fourth-order valence-corrected chi connectivity index (χ4v) is 2.06. The summed E-state index contributed by atoms with van der Waals surface area (Å²) in [5.74, 6) is -0.410. The van der Waals surface area contributed by atoms with E-state index in [1.54, 1.807) is 36.4 Å². The maximum absolute atomic E-state index is 12.1. The van der Waals surface area contributed by atoms with Gasteiger partial charge in [0, 0.05) is 24.7 Å². The lowest BCUT2D eigenvalue weighted by Gasteiger charge is -2.10. The van der Waals surface area contributed by atoms with Crippen LogP contribution >= 0.6 is 0 Å². The van der Waals surface area contributed by atoms with Crippen LogP contribution in [0.3, 0.4) is 0 Å². The number of ether oxygens (including phenoxy) is 1. The van der Waals surface area contributed by atoms with Crippen LogP contribution in [0.1, 0.15) is 22.8 Å². The lowest BCUT2D eigenvalue weighted by atomic mass is 10.1. The summed E-state index contributed by atoms with van der Waals surface area (Å²) in [6, 6.07) is 12.4. The average Bonchev–Trinajstić information content (AvgIpc) is 2.58. The van der Waals surface area contributed by atoms with Crippen LogP contribution in [0.2, 0.25) is 0 Å². The molecule has 2 N–H and O–H groups in total. The van der Waals surface area contributed by atoms with Crippen molar-refractivity contribution in [3.8, 4) is 5.75 Å². The quantitative estimate of drug-likeness (QED) is 0.822. The summed E-state index contributed by atoms with van der Waals surface area (Å²) in [5.41, 5.74) is 1.72. The van der Waals surface area contributed by atoms with Crippen molar-refractivity contribution < 1.29 is 27.5 Å². The standard InChI is InChI=1S/C18H17F3N2O3/c1-12(24)23-15-6-4-14(5-7-15)17(25)22-10-13-2-8-16(9-3-13)26-11-18(19,20)21/h2-9H,10-11H2,1H3,(H,22,25)(H,23,24). The van der Waals surface area contributed by atoms with E-state index >= 15 is 0 Å². The Hall–Kier alpha value is -3.03. The van der Waals surface area contributed by atoms with Crippen molar-refractivity contribution in [3.63, 3.8) is 0 Å². The molecule has 0 atom stereocenters. The topological polar surface area (TPSA) is 67.4 Å². The smallest absolute Gasteiger partial charge is 0.422 e. The van der Waals surface area contributed by atoms with Crippen molar-refractivity contribution >= 4 is 17.5 Å². The third-order valence-electron chi connectivity index (χ3n) is 3.25. The van der Waals surface area contributed by atoms with Gasteiger partial charge in [0.05, 0.1) is 0 Å². The molecule has 138 valence electrons. The second kappa shape index (κ2) is 8.37. The fraction of sp³-hybridized carbons (Fsp3) is 0.222. The van der Waals surface area contributed by atoms with Gasteiger partial charge in [0.1, 0.15) is 5.75 Å². The largest absolute Gasteiger partial charge is 0.484 e. The molecule has 0 radical (unpaired) electrons. The number of alkyl halides is 3. The molecule has 8 heteroatoms. The van der Waals surface area contributed by atoms with E-state index in [1.807, 2.05) is 0 Å². The van der Waals surface area contributed by atoms with Crippen molar-refractivity contribution in [2.24, 2.45) is 0 Å². The lowest BCUT2D eigenvalue weighted by molar-refractivity contribution is -0.153. The molecule has 2 rings (SSSR count). The molecule has 2 aromatic rings. The molecule has 0 aromatic heterocycles. The van der Waals surface area contributed by atoms with E-state index in [1.165, 1.54) is 19.1 Å². The predicted octanol–water partition coefficient (Wildman–Crippen LogP) is 3.52. The SMILES string of the molecule is CC(=O)Nc1ccc(C(=O)NCc2ccc(OCC(F)(F)F)cc2)cc1. The number of rotatable bonds is 6. The third kappa shape index (κ3) is 6.46. The minimum absolute atomic E-state index is 0.103. The molecule has 0 aliphatic rings. The molecule has 0 unspecified atom stereocenters. The number of halogens is 3. The van der Waals surface area contributed by atoms with Crippen molar-refractivity contribution in [3.05, 3.63) is 59.7 Å². The predicted molar refractivity (Wildman–Crippen MR) is 89.9 cm³/mol. The minimum Gasteiger partial charge on any atom is -0.484 e. The van der Waals surface area contributed by atoms with E-state index in [0.29, 0.717) is 16.8 Å². The number of carbonyl (C=O) groups is 2. The Kier molecular flexibility index (Phi) is 6.21. The fourth-order valence-electron chi connectivity index (χ4n) is 2.06. The molecule has 0 heterocycles.